The molecule has 0 fully saturated rings. The van der Waals surface area contributed by atoms with Crippen LogP contribution >= 0.6 is 0 Å². The summed E-state index contributed by atoms with van der Waals surface area (Å²) in [6, 6.07) is 9.31. The second-order valence-electron chi connectivity index (χ2n) is 9.89. The van der Waals surface area contributed by atoms with Crippen LogP contribution in [0.25, 0.3) is 5.57 Å². The summed E-state index contributed by atoms with van der Waals surface area (Å²) in [5, 5.41) is 5.92. The molecular formula is C29H29F6N3O4. The predicted molar refractivity (Wildman–Crippen MR) is 141 cm³/mol. The molecule has 1 amide bonds. The Labute approximate surface area is 237 Å². The molecule has 0 saturated carbocycles. The van der Waals surface area contributed by atoms with Crippen LogP contribution < -0.4 is 10.1 Å². The molecule has 3 rings (SSSR count). The van der Waals surface area contributed by atoms with Gasteiger partial charge in [-0.05, 0) is 68.5 Å². The van der Waals surface area contributed by atoms with Crippen molar-refractivity contribution in [1.29, 1.82) is 0 Å². The van der Waals surface area contributed by atoms with Crippen molar-refractivity contribution in [3.8, 4) is 5.75 Å². The molecule has 3 aromatic rings. The van der Waals surface area contributed by atoms with Crippen LogP contribution in [0.3, 0.4) is 0 Å². The highest BCUT2D eigenvalue weighted by molar-refractivity contribution is 6.02. The fourth-order valence-electron chi connectivity index (χ4n) is 4.13. The Morgan fingerprint density at radius 1 is 1.00 bits per heavy atom. The first-order chi connectivity index (χ1) is 19.6. The van der Waals surface area contributed by atoms with Crippen molar-refractivity contribution in [3.05, 3.63) is 83.0 Å². The van der Waals surface area contributed by atoms with Crippen LogP contribution in [0.15, 0.2) is 65.0 Å². The zero-order valence-electron chi connectivity index (χ0n) is 23.0. The maximum Gasteiger partial charge on any atom is 0.398 e. The lowest BCUT2D eigenvalue weighted by atomic mass is 9.74. The van der Waals surface area contributed by atoms with Crippen molar-refractivity contribution in [2.75, 3.05) is 13.2 Å². The number of hydrogen-bond acceptors (Lipinski definition) is 6. The van der Waals surface area contributed by atoms with Crippen molar-refractivity contribution in [2.45, 2.75) is 57.8 Å². The van der Waals surface area contributed by atoms with E-state index in [1.807, 2.05) is 0 Å². The number of nitrogens with zero attached hydrogens (tertiary/aromatic N) is 2. The number of hydrogen-bond donors (Lipinski definition) is 1. The number of Topliss-reactive ketones (excluding diaryl/α,β-unsaturated/α-hetero) is 1. The van der Waals surface area contributed by atoms with Gasteiger partial charge in [0.25, 0.3) is 5.91 Å². The van der Waals surface area contributed by atoms with Crippen LogP contribution in [0.4, 0.5) is 26.3 Å². The van der Waals surface area contributed by atoms with Gasteiger partial charge in [0, 0.05) is 30.8 Å². The standard InChI is InChI=1S/C29H29F6N3O4/c1-18-5-10-24(36-16-18)22(23(19(2)39)17-37-26(40)25-11-13-38-42-25)15-27(3,29(33,34)35)20-6-8-21(9-7-20)41-14-4-12-28(30,31)32/h5-11,13,16H,4,12,14-15,17H2,1-3H3,(H,37,40)/b23-22+/t27-/m1/s1. The van der Waals surface area contributed by atoms with Crippen molar-refractivity contribution >= 4 is 17.3 Å². The average Bonchev–Trinajstić information content (AvgIpc) is 3.45. The zero-order valence-corrected chi connectivity index (χ0v) is 23.0. The van der Waals surface area contributed by atoms with Crippen molar-refractivity contribution in [3.63, 3.8) is 0 Å². The quantitative estimate of drug-likeness (QED) is 0.141. The van der Waals surface area contributed by atoms with E-state index in [2.05, 4.69) is 15.5 Å². The molecule has 0 saturated heterocycles. The van der Waals surface area contributed by atoms with Gasteiger partial charge >= 0.3 is 12.4 Å². The lowest BCUT2D eigenvalue weighted by Gasteiger charge is -2.34. The van der Waals surface area contributed by atoms with Crippen molar-refractivity contribution < 1.29 is 45.2 Å². The monoisotopic (exact) mass is 597 g/mol. The summed E-state index contributed by atoms with van der Waals surface area (Å²) in [5.41, 5.74) is -1.95. The number of halogens is 6. The van der Waals surface area contributed by atoms with Gasteiger partial charge in [-0.1, -0.05) is 23.4 Å². The van der Waals surface area contributed by atoms with Crippen LogP contribution in [0.1, 0.15) is 60.5 Å². The van der Waals surface area contributed by atoms with Gasteiger partial charge in [-0.15, -0.1) is 0 Å². The molecule has 2 heterocycles. The number of aromatic nitrogens is 2. The third kappa shape index (κ3) is 8.43. The molecule has 0 aliphatic heterocycles. The number of alkyl halides is 6. The molecular weight excluding hydrogens is 568 g/mol. The molecule has 0 bridgehead atoms. The first-order valence-corrected chi connectivity index (χ1v) is 12.8. The minimum Gasteiger partial charge on any atom is -0.494 e. The van der Waals surface area contributed by atoms with Crippen LogP contribution in [-0.2, 0) is 10.2 Å². The molecule has 13 heteroatoms. The van der Waals surface area contributed by atoms with E-state index < -0.39 is 48.8 Å². The number of ketones is 1. The molecule has 226 valence electrons. The van der Waals surface area contributed by atoms with Crippen LogP contribution in [0.2, 0.25) is 0 Å². The Kier molecular flexibility index (Phi) is 10.2. The third-order valence-corrected chi connectivity index (χ3v) is 6.62. The molecule has 0 radical (unpaired) electrons. The third-order valence-electron chi connectivity index (χ3n) is 6.62. The Morgan fingerprint density at radius 3 is 2.21 bits per heavy atom. The summed E-state index contributed by atoms with van der Waals surface area (Å²) in [6.07, 6.45) is -8.52. The molecule has 42 heavy (non-hydrogen) atoms. The smallest absolute Gasteiger partial charge is 0.398 e. The average molecular weight is 598 g/mol. The lowest BCUT2D eigenvalue weighted by molar-refractivity contribution is -0.184. The summed E-state index contributed by atoms with van der Waals surface area (Å²) in [4.78, 5) is 29.5. The van der Waals surface area contributed by atoms with E-state index in [1.54, 1.807) is 13.0 Å². The van der Waals surface area contributed by atoms with Crippen LogP contribution in [-0.4, -0.2) is 47.3 Å². The van der Waals surface area contributed by atoms with E-state index in [0.29, 0.717) is 0 Å². The highest BCUT2D eigenvalue weighted by Gasteiger charge is 2.53. The second-order valence-corrected chi connectivity index (χ2v) is 9.89. The molecule has 1 aromatic carbocycles. The summed E-state index contributed by atoms with van der Waals surface area (Å²) in [7, 11) is 0. The fourth-order valence-corrected chi connectivity index (χ4v) is 4.13. The minimum atomic E-state index is -4.82. The van der Waals surface area contributed by atoms with Crippen LogP contribution in [0.5, 0.6) is 5.75 Å². The lowest BCUT2D eigenvalue weighted by Crippen LogP contribution is -2.40. The summed E-state index contributed by atoms with van der Waals surface area (Å²) in [6.45, 7) is 3.24. The molecule has 0 unspecified atom stereocenters. The van der Waals surface area contributed by atoms with Gasteiger partial charge in [0.2, 0.25) is 5.76 Å². The van der Waals surface area contributed by atoms with E-state index >= 15 is 0 Å². The summed E-state index contributed by atoms with van der Waals surface area (Å²) < 4.78 is 91.6. The Balaban J connectivity index is 1.98. The van der Waals surface area contributed by atoms with Crippen LogP contribution in [0, 0.1) is 6.92 Å². The number of amides is 1. The largest absolute Gasteiger partial charge is 0.494 e. The molecule has 7 nitrogen and oxygen atoms in total. The van der Waals surface area contributed by atoms with Gasteiger partial charge in [0.1, 0.15) is 5.75 Å². The molecule has 0 aliphatic carbocycles. The number of carbonyl (C=O) groups is 2. The van der Waals surface area contributed by atoms with Gasteiger partial charge in [-0.3, -0.25) is 14.6 Å². The normalized spacial score (nSPS) is 14.1. The molecule has 1 N–H and O–H groups in total. The molecule has 0 aliphatic rings. The summed E-state index contributed by atoms with van der Waals surface area (Å²) >= 11 is 0. The van der Waals surface area contributed by atoms with Gasteiger partial charge in [-0.2, -0.15) is 26.3 Å². The predicted octanol–water partition coefficient (Wildman–Crippen LogP) is 6.78. The number of pyridine rings is 1. The first-order valence-electron chi connectivity index (χ1n) is 12.8. The highest BCUT2D eigenvalue weighted by atomic mass is 19.4. The van der Waals surface area contributed by atoms with E-state index in [4.69, 9.17) is 9.26 Å². The molecule has 0 spiro atoms. The Bertz CT molecular complexity index is 1380. The number of rotatable bonds is 12. The SMILES string of the molecule is CC(=O)/C(CNC(=O)c1ccno1)=C(\C[C@](C)(c1ccc(OCCCC(F)(F)F)cc1)C(F)(F)F)c1ccc(C)cn1. The maximum atomic E-state index is 14.8. The van der Waals surface area contributed by atoms with Crippen molar-refractivity contribution in [1.82, 2.24) is 15.5 Å². The maximum absolute atomic E-state index is 14.8. The van der Waals surface area contributed by atoms with Gasteiger partial charge < -0.3 is 14.6 Å². The van der Waals surface area contributed by atoms with E-state index in [-0.39, 0.29) is 46.9 Å². The zero-order chi connectivity index (χ0) is 31.1. The van der Waals surface area contributed by atoms with E-state index in [0.717, 1.165) is 12.5 Å². The summed E-state index contributed by atoms with van der Waals surface area (Å²) in [5.74, 6) is -1.32. The van der Waals surface area contributed by atoms with Gasteiger partial charge in [0.05, 0.1) is 23.9 Å². The molecule has 2 aromatic heterocycles. The fraction of sp³-hybridized carbons (Fsp3) is 0.379. The highest BCUT2D eigenvalue weighted by Crippen LogP contribution is 2.47. The number of allylic oxidation sites excluding steroid dienone is 1. The number of nitrogens with one attached hydrogen (secondary N) is 1. The van der Waals surface area contributed by atoms with Crippen molar-refractivity contribution in [2.24, 2.45) is 0 Å². The number of ether oxygens (including phenoxy) is 1. The Hall–Kier alpha value is -4.16. The van der Waals surface area contributed by atoms with E-state index in [1.165, 1.54) is 55.7 Å². The van der Waals surface area contributed by atoms with Gasteiger partial charge in [0.15, 0.2) is 5.78 Å². The Morgan fingerprint density at radius 2 is 1.69 bits per heavy atom. The topological polar surface area (TPSA) is 94.3 Å². The van der Waals surface area contributed by atoms with E-state index in [9.17, 15) is 35.9 Å². The molecule has 1 atom stereocenters. The number of aryl methyl sites for hydroxylation is 1. The van der Waals surface area contributed by atoms with Gasteiger partial charge in [-0.25, -0.2) is 0 Å². The second kappa shape index (κ2) is 13.2. The first kappa shape index (κ1) is 32.4. The number of benzene rings is 1. The number of carbonyl (C=O) groups excluding carboxylic acids is 2. The minimum absolute atomic E-state index is 0.0207.